The predicted molar refractivity (Wildman–Crippen MR) is 85.2 cm³/mol. The van der Waals surface area contributed by atoms with Crippen LogP contribution in [0.25, 0.3) is 0 Å². The van der Waals surface area contributed by atoms with E-state index in [0.29, 0.717) is 26.2 Å². The van der Waals surface area contributed by atoms with Gasteiger partial charge in [-0.3, -0.25) is 14.6 Å². The van der Waals surface area contributed by atoms with Crippen LogP contribution in [0.5, 0.6) is 0 Å². The fourth-order valence-corrected chi connectivity index (χ4v) is 2.76. The largest absolute Gasteiger partial charge is 0.334 e. The fraction of sp³-hybridized carbons (Fsp3) is 0.588. The van der Waals surface area contributed by atoms with Crippen molar-refractivity contribution in [3.8, 4) is 0 Å². The molecule has 1 saturated heterocycles. The molecule has 5 nitrogen and oxygen atoms in total. The molecular formula is C17H25N3O2. The fourth-order valence-electron chi connectivity index (χ4n) is 2.76. The average Bonchev–Trinajstić information content (AvgIpc) is 2.84. The standard InChI is InChI=1S/C17H25N3O2/c1-2-19(14-9-15-7-10-18-11-8-15)16(21)17(22)20-12-5-3-4-6-13-20/h7-8,10-11H,2-6,9,12-14H2,1H3. The Balaban J connectivity index is 1.91. The summed E-state index contributed by atoms with van der Waals surface area (Å²) in [6, 6.07) is 3.88. The Morgan fingerprint density at radius 1 is 1.14 bits per heavy atom. The van der Waals surface area contributed by atoms with Gasteiger partial charge in [0.2, 0.25) is 0 Å². The van der Waals surface area contributed by atoms with E-state index >= 15 is 0 Å². The van der Waals surface area contributed by atoms with Gasteiger partial charge < -0.3 is 9.80 Å². The lowest BCUT2D eigenvalue weighted by molar-refractivity contribution is -0.151. The van der Waals surface area contributed by atoms with E-state index < -0.39 is 0 Å². The van der Waals surface area contributed by atoms with Crippen LogP contribution in [0.2, 0.25) is 0 Å². The number of rotatable bonds is 4. The molecule has 0 aromatic carbocycles. The minimum atomic E-state index is -0.363. The zero-order chi connectivity index (χ0) is 15.8. The second-order valence-electron chi connectivity index (χ2n) is 5.70. The van der Waals surface area contributed by atoms with Crippen molar-refractivity contribution in [1.29, 1.82) is 0 Å². The minimum absolute atomic E-state index is 0.335. The lowest BCUT2D eigenvalue weighted by Gasteiger charge is -2.25. The molecule has 2 amide bonds. The van der Waals surface area contributed by atoms with E-state index in [2.05, 4.69) is 4.98 Å². The molecule has 1 fully saturated rings. The van der Waals surface area contributed by atoms with Crippen molar-refractivity contribution in [3.05, 3.63) is 30.1 Å². The number of aromatic nitrogens is 1. The first-order valence-electron chi connectivity index (χ1n) is 8.19. The summed E-state index contributed by atoms with van der Waals surface area (Å²) >= 11 is 0. The first-order chi connectivity index (χ1) is 10.7. The highest BCUT2D eigenvalue weighted by atomic mass is 16.2. The monoisotopic (exact) mass is 303 g/mol. The van der Waals surface area contributed by atoms with Crippen molar-refractivity contribution in [2.75, 3.05) is 26.2 Å². The van der Waals surface area contributed by atoms with Gasteiger partial charge in [0.25, 0.3) is 0 Å². The molecule has 120 valence electrons. The second kappa shape index (κ2) is 8.51. The van der Waals surface area contributed by atoms with E-state index in [-0.39, 0.29) is 11.8 Å². The lowest BCUT2D eigenvalue weighted by atomic mass is 10.2. The normalized spacial score (nSPS) is 15.2. The van der Waals surface area contributed by atoms with E-state index in [9.17, 15) is 9.59 Å². The maximum Gasteiger partial charge on any atom is 0.312 e. The first kappa shape index (κ1) is 16.5. The molecule has 0 bridgehead atoms. The molecule has 0 atom stereocenters. The van der Waals surface area contributed by atoms with Crippen LogP contribution < -0.4 is 0 Å². The number of amides is 2. The van der Waals surface area contributed by atoms with Gasteiger partial charge in [-0.2, -0.15) is 0 Å². The van der Waals surface area contributed by atoms with Gasteiger partial charge in [-0.1, -0.05) is 12.8 Å². The van der Waals surface area contributed by atoms with Crippen LogP contribution in [-0.2, 0) is 16.0 Å². The lowest BCUT2D eigenvalue weighted by Crippen LogP contribution is -2.46. The van der Waals surface area contributed by atoms with Crippen molar-refractivity contribution in [2.24, 2.45) is 0 Å². The molecule has 1 aromatic rings. The van der Waals surface area contributed by atoms with Crippen molar-refractivity contribution < 1.29 is 9.59 Å². The molecule has 1 aliphatic heterocycles. The van der Waals surface area contributed by atoms with Gasteiger partial charge >= 0.3 is 11.8 Å². The smallest absolute Gasteiger partial charge is 0.312 e. The Morgan fingerprint density at radius 2 is 1.77 bits per heavy atom. The summed E-state index contributed by atoms with van der Waals surface area (Å²) < 4.78 is 0. The molecule has 1 aliphatic rings. The van der Waals surface area contributed by atoms with Crippen LogP contribution in [0.3, 0.4) is 0 Å². The van der Waals surface area contributed by atoms with Crippen molar-refractivity contribution in [2.45, 2.75) is 39.0 Å². The number of hydrogen-bond donors (Lipinski definition) is 0. The Labute approximate surface area is 132 Å². The summed E-state index contributed by atoms with van der Waals surface area (Å²) in [7, 11) is 0. The summed E-state index contributed by atoms with van der Waals surface area (Å²) in [4.78, 5) is 32.2. The molecular weight excluding hydrogens is 278 g/mol. The van der Waals surface area contributed by atoms with Crippen molar-refractivity contribution in [1.82, 2.24) is 14.8 Å². The number of carbonyl (C=O) groups is 2. The maximum absolute atomic E-state index is 12.4. The molecule has 2 heterocycles. The maximum atomic E-state index is 12.4. The minimum Gasteiger partial charge on any atom is -0.334 e. The van der Waals surface area contributed by atoms with Gasteiger partial charge in [-0.05, 0) is 43.9 Å². The van der Waals surface area contributed by atoms with Crippen LogP contribution in [0.4, 0.5) is 0 Å². The third-order valence-electron chi connectivity index (χ3n) is 4.16. The number of pyridine rings is 1. The summed E-state index contributed by atoms with van der Waals surface area (Å²) in [6.07, 6.45) is 8.54. The van der Waals surface area contributed by atoms with Gasteiger partial charge in [0.1, 0.15) is 0 Å². The predicted octanol–water partition coefficient (Wildman–Crippen LogP) is 1.88. The molecule has 0 spiro atoms. The zero-order valence-electron chi connectivity index (χ0n) is 13.3. The van der Waals surface area contributed by atoms with E-state index in [0.717, 1.165) is 37.7 Å². The highest BCUT2D eigenvalue weighted by Gasteiger charge is 2.26. The van der Waals surface area contributed by atoms with E-state index in [1.807, 2.05) is 19.1 Å². The van der Waals surface area contributed by atoms with Gasteiger partial charge in [-0.25, -0.2) is 0 Å². The van der Waals surface area contributed by atoms with Crippen LogP contribution >= 0.6 is 0 Å². The highest BCUT2D eigenvalue weighted by molar-refractivity contribution is 6.34. The van der Waals surface area contributed by atoms with Gasteiger partial charge in [0, 0.05) is 38.6 Å². The molecule has 0 radical (unpaired) electrons. The van der Waals surface area contributed by atoms with E-state index in [1.165, 1.54) is 0 Å². The third-order valence-corrected chi connectivity index (χ3v) is 4.16. The average molecular weight is 303 g/mol. The Hall–Kier alpha value is -1.91. The Morgan fingerprint density at radius 3 is 2.36 bits per heavy atom. The summed E-state index contributed by atoms with van der Waals surface area (Å²) in [5, 5.41) is 0. The molecule has 5 heteroatoms. The summed E-state index contributed by atoms with van der Waals surface area (Å²) in [5.41, 5.74) is 1.13. The second-order valence-corrected chi connectivity index (χ2v) is 5.70. The Bertz CT molecular complexity index is 482. The number of hydrogen-bond acceptors (Lipinski definition) is 3. The molecule has 22 heavy (non-hydrogen) atoms. The highest BCUT2D eigenvalue weighted by Crippen LogP contribution is 2.11. The van der Waals surface area contributed by atoms with Crippen LogP contribution in [0.1, 0.15) is 38.2 Å². The number of nitrogens with zero attached hydrogens (tertiary/aromatic N) is 3. The van der Waals surface area contributed by atoms with Gasteiger partial charge in [0.05, 0.1) is 0 Å². The number of likely N-dealkylation sites (tertiary alicyclic amines) is 1. The molecule has 1 aromatic heterocycles. The molecule has 0 N–H and O–H groups in total. The molecule has 0 saturated carbocycles. The number of carbonyl (C=O) groups excluding carboxylic acids is 2. The van der Waals surface area contributed by atoms with E-state index in [4.69, 9.17) is 0 Å². The summed E-state index contributed by atoms with van der Waals surface area (Å²) in [5.74, 6) is -0.697. The van der Waals surface area contributed by atoms with Gasteiger partial charge in [0.15, 0.2) is 0 Å². The molecule has 2 rings (SSSR count). The molecule has 0 aliphatic carbocycles. The van der Waals surface area contributed by atoms with E-state index in [1.54, 1.807) is 22.2 Å². The summed E-state index contributed by atoms with van der Waals surface area (Å²) in [6.45, 7) is 4.47. The Kier molecular flexibility index (Phi) is 6.37. The third kappa shape index (κ3) is 4.55. The quantitative estimate of drug-likeness (QED) is 0.798. The first-order valence-corrected chi connectivity index (χ1v) is 8.19. The molecule has 0 unspecified atom stereocenters. The zero-order valence-corrected chi connectivity index (χ0v) is 13.3. The van der Waals surface area contributed by atoms with Crippen molar-refractivity contribution in [3.63, 3.8) is 0 Å². The van der Waals surface area contributed by atoms with Gasteiger partial charge in [-0.15, -0.1) is 0 Å². The van der Waals surface area contributed by atoms with Crippen LogP contribution in [0, 0.1) is 0 Å². The number of likely N-dealkylation sites (N-methyl/N-ethyl adjacent to an activating group) is 1. The van der Waals surface area contributed by atoms with Crippen molar-refractivity contribution >= 4 is 11.8 Å². The van der Waals surface area contributed by atoms with Crippen LogP contribution in [0.15, 0.2) is 24.5 Å². The van der Waals surface area contributed by atoms with Crippen LogP contribution in [-0.4, -0.2) is 52.8 Å². The SMILES string of the molecule is CCN(CCc1ccncc1)C(=O)C(=O)N1CCCCCC1. The topological polar surface area (TPSA) is 53.5 Å².